The van der Waals surface area contributed by atoms with Crippen LogP contribution in [0, 0.1) is 6.92 Å². The van der Waals surface area contributed by atoms with Gasteiger partial charge >= 0.3 is 5.97 Å². The van der Waals surface area contributed by atoms with Crippen LogP contribution in [0.5, 0.6) is 0 Å². The van der Waals surface area contributed by atoms with Crippen molar-refractivity contribution in [2.24, 2.45) is 0 Å². The molecule has 20 heavy (non-hydrogen) atoms. The smallest absolute Gasteiger partial charge is 0.356 e. The maximum Gasteiger partial charge on any atom is 0.356 e. The summed E-state index contributed by atoms with van der Waals surface area (Å²) in [5.41, 5.74) is 1.42. The van der Waals surface area contributed by atoms with Gasteiger partial charge in [-0.25, -0.2) is 9.78 Å². The van der Waals surface area contributed by atoms with Gasteiger partial charge in [0.1, 0.15) is 0 Å². The molecule has 0 radical (unpaired) electrons. The number of nitrogens with one attached hydrogen (secondary N) is 1. The molecular weight excluding hydrogens is 324 g/mol. The molecule has 0 saturated carbocycles. The first-order chi connectivity index (χ1) is 9.49. The minimum atomic E-state index is -1.19. The van der Waals surface area contributed by atoms with Gasteiger partial charge in [-0.3, -0.25) is 4.79 Å². The topological polar surface area (TPSA) is 79.3 Å². The normalized spacial score (nSPS) is 10.1. The second kappa shape index (κ2) is 5.83. The molecule has 1 heterocycles. The predicted molar refractivity (Wildman–Crippen MR) is 78.0 cm³/mol. The van der Waals surface area contributed by atoms with Crippen LogP contribution in [0.1, 0.15) is 26.4 Å². The highest BCUT2D eigenvalue weighted by Crippen LogP contribution is 2.19. The Balaban J connectivity index is 2.28. The molecule has 1 amide bonds. The molecule has 5 nitrogen and oxygen atoms in total. The van der Waals surface area contributed by atoms with E-state index in [1.54, 1.807) is 24.3 Å². The van der Waals surface area contributed by atoms with E-state index >= 15 is 0 Å². The van der Waals surface area contributed by atoms with Crippen LogP contribution in [0.15, 0.2) is 41.0 Å². The van der Waals surface area contributed by atoms with E-state index in [0.29, 0.717) is 5.56 Å². The number of carbonyl (C=O) groups excluding carboxylic acids is 1. The fourth-order valence-corrected chi connectivity index (χ4v) is 1.98. The van der Waals surface area contributed by atoms with Gasteiger partial charge in [-0.05, 0) is 36.8 Å². The minimum absolute atomic E-state index is 0.168. The molecular formula is C14H11BrN2O3. The second-order valence-electron chi connectivity index (χ2n) is 4.12. The fraction of sp³-hybridized carbons (Fsp3) is 0.0714. The second-order valence-corrected chi connectivity index (χ2v) is 4.98. The highest BCUT2D eigenvalue weighted by atomic mass is 79.9. The van der Waals surface area contributed by atoms with Gasteiger partial charge in [0, 0.05) is 16.2 Å². The van der Waals surface area contributed by atoms with Crippen molar-refractivity contribution in [3.63, 3.8) is 0 Å². The lowest BCUT2D eigenvalue weighted by Crippen LogP contribution is -2.15. The number of rotatable bonds is 3. The summed E-state index contributed by atoms with van der Waals surface area (Å²) in [6.07, 6.45) is 1.36. The number of halogens is 1. The van der Waals surface area contributed by atoms with Crippen LogP contribution in [0.2, 0.25) is 0 Å². The quantitative estimate of drug-likeness (QED) is 0.903. The molecule has 0 bridgehead atoms. The summed E-state index contributed by atoms with van der Waals surface area (Å²) in [5.74, 6) is -1.58. The van der Waals surface area contributed by atoms with Gasteiger partial charge in [0.25, 0.3) is 5.91 Å². The highest BCUT2D eigenvalue weighted by molar-refractivity contribution is 9.10. The van der Waals surface area contributed by atoms with Gasteiger partial charge in [0.15, 0.2) is 5.69 Å². The predicted octanol–water partition coefficient (Wildman–Crippen LogP) is 3.10. The average Bonchev–Trinajstić information content (AvgIpc) is 2.42. The number of amides is 1. The van der Waals surface area contributed by atoms with Crippen molar-refractivity contribution in [3.05, 3.63) is 57.8 Å². The number of aromatic nitrogens is 1. The van der Waals surface area contributed by atoms with E-state index < -0.39 is 5.97 Å². The average molecular weight is 335 g/mol. The molecule has 0 aliphatic rings. The van der Waals surface area contributed by atoms with Gasteiger partial charge in [-0.1, -0.05) is 22.0 Å². The lowest BCUT2D eigenvalue weighted by molar-refractivity contribution is 0.0692. The zero-order valence-corrected chi connectivity index (χ0v) is 12.1. The minimum Gasteiger partial charge on any atom is -0.476 e. The van der Waals surface area contributed by atoms with Crippen molar-refractivity contribution in [3.8, 4) is 0 Å². The maximum atomic E-state index is 12.1. The molecule has 0 aliphatic heterocycles. The van der Waals surface area contributed by atoms with E-state index in [9.17, 15) is 9.59 Å². The van der Waals surface area contributed by atoms with Crippen LogP contribution >= 0.6 is 15.9 Å². The highest BCUT2D eigenvalue weighted by Gasteiger charge is 2.14. The molecule has 2 N–H and O–H groups in total. The molecule has 1 aromatic carbocycles. The fourth-order valence-electron chi connectivity index (χ4n) is 1.61. The Morgan fingerprint density at radius 3 is 2.70 bits per heavy atom. The third kappa shape index (κ3) is 3.03. The van der Waals surface area contributed by atoms with Crippen molar-refractivity contribution < 1.29 is 14.7 Å². The number of pyridine rings is 1. The Kier molecular flexibility index (Phi) is 4.14. The molecule has 0 unspecified atom stereocenters. The number of nitrogens with zero attached hydrogens (tertiary/aromatic N) is 1. The number of carbonyl (C=O) groups is 2. The first-order valence-corrected chi connectivity index (χ1v) is 6.54. The van der Waals surface area contributed by atoms with E-state index in [2.05, 4.69) is 26.2 Å². The molecule has 0 fully saturated rings. The summed E-state index contributed by atoms with van der Waals surface area (Å²) in [6.45, 7) is 1.91. The van der Waals surface area contributed by atoms with Crippen molar-refractivity contribution in [2.75, 3.05) is 5.32 Å². The van der Waals surface area contributed by atoms with E-state index in [1.165, 1.54) is 12.3 Å². The van der Waals surface area contributed by atoms with Crippen molar-refractivity contribution >= 4 is 33.5 Å². The number of hydrogen-bond donors (Lipinski definition) is 2. The zero-order chi connectivity index (χ0) is 14.7. The molecule has 0 atom stereocenters. The summed E-state index contributed by atoms with van der Waals surface area (Å²) in [5, 5.41) is 11.6. The molecule has 0 spiro atoms. The van der Waals surface area contributed by atoms with E-state index in [4.69, 9.17) is 5.11 Å². The maximum absolute atomic E-state index is 12.1. The van der Waals surface area contributed by atoms with Gasteiger partial charge in [0.05, 0.1) is 5.69 Å². The van der Waals surface area contributed by atoms with Gasteiger partial charge in [0.2, 0.25) is 0 Å². The Hall–Kier alpha value is -2.21. The van der Waals surface area contributed by atoms with Crippen LogP contribution in [-0.4, -0.2) is 22.0 Å². The summed E-state index contributed by atoms with van der Waals surface area (Å²) >= 11 is 3.35. The number of anilines is 1. The summed E-state index contributed by atoms with van der Waals surface area (Å²) in [7, 11) is 0. The SMILES string of the molecule is Cc1ccc(C(=O)Nc2cccnc2C(=O)O)cc1Br. The van der Waals surface area contributed by atoms with Gasteiger partial charge in [-0.15, -0.1) is 0 Å². The summed E-state index contributed by atoms with van der Waals surface area (Å²) < 4.78 is 0.815. The molecule has 1 aromatic heterocycles. The van der Waals surface area contributed by atoms with Crippen molar-refractivity contribution in [1.82, 2.24) is 4.98 Å². The molecule has 6 heteroatoms. The Bertz CT molecular complexity index is 686. The summed E-state index contributed by atoms with van der Waals surface area (Å²) in [6, 6.07) is 8.22. The number of benzene rings is 1. The van der Waals surface area contributed by atoms with Gasteiger partial charge in [-0.2, -0.15) is 0 Å². The lowest BCUT2D eigenvalue weighted by atomic mass is 10.1. The molecule has 0 saturated heterocycles. The third-order valence-electron chi connectivity index (χ3n) is 2.69. The van der Waals surface area contributed by atoms with E-state index in [-0.39, 0.29) is 17.3 Å². The monoisotopic (exact) mass is 334 g/mol. The van der Waals surface area contributed by atoms with Crippen LogP contribution < -0.4 is 5.32 Å². The number of aromatic carboxylic acids is 1. The molecule has 0 aliphatic carbocycles. The van der Waals surface area contributed by atoms with Crippen molar-refractivity contribution in [1.29, 1.82) is 0 Å². The largest absolute Gasteiger partial charge is 0.476 e. The van der Waals surface area contributed by atoms with Crippen LogP contribution in [0.3, 0.4) is 0 Å². The number of carboxylic acids is 1. The number of aryl methyl sites for hydroxylation is 1. The Labute approximate surface area is 123 Å². The van der Waals surface area contributed by atoms with E-state index in [1.807, 2.05) is 6.92 Å². The van der Waals surface area contributed by atoms with Gasteiger partial charge < -0.3 is 10.4 Å². The van der Waals surface area contributed by atoms with E-state index in [0.717, 1.165) is 10.0 Å². The van der Waals surface area contributed by atoms with Crippen LogP contribution in [-0.2, 0) is 0 Å². The Morgan fingerprint density at radius 1 is 1.30 bits per heavy atom. The standard InChI is InChI=1S/C14H11BrN2O3/c1-8-4-5-9(7-10(8)15)13(18)17-11-3-2-6-16-12(11)14(19)20/h2-7H,1H3,(H,17,18)(H,19,20). The molecule has 2 aromatic rings. The molecule has 102 valence electrons. The van der Waals surface area contributed by atoms with Crippen molar-refractivity contribution in [2.45, 2.75) is 6.92 Å². The van der Waals surface area contributed by atoms with Crippen LogP contribution in [0.4, 0.5) is 5.69 Å². The third-order valence-corrected chi connectivity index (χ3v) is 3.55. The molecule has 2 rings (SSSR count). The Morgan fingerprint density at radius 2 is 2.05 bits per heavy atom. The number of hydrogen-bond acceptors (Lipinski definition) is 3. The first-order valence-electron chi connectivity index (χ1n) is 5.75. The lowest BCUT2D eigenvalue weighted by Gasteiger charge is -2.08. The number of carboxylic acid groups (broad SMARTS) is 1. The van der Waals surface area contributed by atoms with Crippen LogP contribution in [0.25, 0.3) is 0 Å². The zero-order valence-electron chi connectivity index (χ0n) is 10.6. The first kappa shape index (κ1) is 14.2. The summed E-state index contributed by atoms with van der Waals surface area (Å²) in [4.78, 5) is 26.9.